The zero-order chi connectivity index (χ0) is 29.9. The van der Waals surface area contributed by atoms with E-state index in [9.17, 15) is 0 Å². The van der Waals surface area contributed by atoms with Gasteiger partial charge in [0.2, 0.25) is 0 Å². The van der Waals surface area contributed by atoms with E-state index >= 15 is 0 Å². The quantitative estimate of drug-likeness (QED) is 0.184. The van der Waals surface area contributed by atoms with Crippen LogP contribution in [0.5, 0.6) is 0 Å². The topological polar surface area (TPSA) is 0 Å². The maximum Gasteiger partial charge on any atom is -0.00192 e. The summed E-state index contributed by atoms with van der Waals surface area (Å²) in [6.45, 7) is 2.18. The molecular weight excluding hydrogens is 540 g/mol. The van der Waals surface area contributed by atoms with Gasteiger partial charge in [0.05, 0.1) is 0 Å². The first-order valence-corrected chi connectivity index (χ1v) is 15.9. The van der Waals surface area contributed by atoms with Crippen molar-refractivity contribution in [1.29, 1.82) is 0 Å². The van der Waals surface area contributed by atoms with Crippen molar-refractivity contribution in [3.05, 3.63) is 179 Å². The van der Waals surface area contributed by atoms with Gasteiger partial charge in [-0.1, -0.05) is 157 Å². The summed E-state index contributed by atoms with van der Waals surface area (Å²) in [5, 5.41) is 15.9. The molecule has 0 bridgehead atoms. The van der Waals surface area contributed by atoms with Crippen LogP contribution in [-0.4, -0.2) is 0 Å². The van der Waals surface area contributed by atoms with Crippen LogP contribution in [0.1, 0.15) is 27.8 Å². The molecule has 0 atom stereocenters. The standard InChI is InChI=1S/C45H32/c1-29-14-17-35-28-36(40-12-6-7-13-42(40)43(35)22-29)24-31-16-21-41-37(27-34-9-3-5-11-39(34)45(41)26-31)23-30-15-18-33-20-19-32-8-2-4-10-38(32)44(33)25-30/h2-22,25-28H,23-24H2,1H3. The summed E-state index contributed by atoms with van der Waals surface area (Å²) in [6.07, 6.45) is 1.80. The molecule has 0 fully saturated rings. The lowest BCUT2D eigenvalue weighted by atomic mass is 9.89. The maximum absolute atomic E-state index is 2.45. The highest BCUT2D eigenvalue weighted by Crippen LogP contribution is 2.35. The lowest BCUT2D eigenvalue weighted by molar-refractivity contribution is 1.21. The van der Waals surface area contributed by atoms with E-state index in [0.717, 1.165) is 12.8 Å². The van der Waals surface area contributed by atoms with E-state index in [1.165, 1.54) is 92.5 Å². The number of benzene rings is 9. The molecule has 0 aromatic heterocycles. The molecule has 45 heavy (non-hydrogen) atoms. The molecule has 212 valence electrons. The lowest BCUT2D eigenvalue weighted by Gasteiger charge is -2.15. The summed E-state index contributed by atoms with van der Waals surface area (Å²) in [5.74, 6) is 0. The van der Waals surface area contributed by atoms with E-state index in [1.807, 2.05) is 0 Å². The average Bonchev–Trinajstić information content (AvgIpc) is 3.08. The summed E-state index contributed by atoms with van der Waals surface area (Å²) in [7, 11) is 0. The monoisotopic (exact) mass is 572 g/mol. The van der Waals surface area contributed by atoms with E-state index in [-0.39, 0.29) is 0 Å². The zero-order valence-electron chi connectivity index (χ0n) is 25.3. The van der Waals surface area contributed by atoms with Crippen LogP contribution in [-0.2, 0) is 12.8 Å². The van der Waals surface area contributed by atoms with E-state index < -0.39 is 0 Å². The highest BCUT2D eigenvalue weighted by atomic mass is 14.2. The maximum atomic E-state index is 2.45. The van der Waals surface area contributed by atoms with Crippen molar-refractivity contribution < 1.29 is 0 Å². The SMILES string of the molecule is Cc1ccc2cc(Cc3ccc4c(Cc5ccc6ccc7ccccc7c6c5)cc5ccccc5c4c3)c3ccccc3c2c1. The Morgan fingerprint density at radius 3 is 1.53 bits per heavy atom. The fourth-order valence-electron chi connectivity index (χ4n) is 7.52. The Hall–Kier alpha value is -5.46. The third kappa shape index (κ3) is 4.45. The normalized spacial score (nSPS) is 11.8. The summed E-state index contributed by atoms with van der Waals surface area (Å²) in [4.78, 5) is 0. The number of rotatable bonds is 4. The van der Waals surface area contributed by atoms with Gasteiger partial charge in [0.25, 0.3) is 0 Å². The molecule has 0 aliphatic heterocycles. The van der Waals surface area contributed by atoms with Crippen molar-refractivity contribution in [1.82, 2.24) is 0 Å². The molecule has 0 aliphatic carbocycles. The number of hydrogen-bond acceptors (Lipinski definition) is 0. The molecule has 9 aromatic carbocycles. The second-order valence-electron chi connectivity index (χ2n) is 12.6. The highest BCUT2D eigenvalue weighted by molar-refractivity contribution is 6.11. The zero-order valence-corrected chi connectivity index (χ0v) is 25.3. The Morgan fingerprint density at radius 1 is 0.311 bits per heavy atom. The van der Waals surface area contributed by atoms with Gasteiger partial charge in [-0.05, 0) is 107 Å². The van der Waals surface area contributed by atoms with Gasteiger partial charge >= 0.3 is 0 Å². The molecule has 0 N–H and O–H groups in total. The summed E-state index contributed by atoms with van der Waals surface area (Å²) in [5.41, 5.74) is 6.75. The summed E-state index contributed by atoms with van der Waals surface area (Å²) in [6, 6.07) is 56.7. The van der Waals surface area contributed by atoms with Crippen LogP contribution in [0, 0.1) is 6.92 Å². The largest absolute Gasteiger partial charge is 0.0616 e. The fraction of sp³-hybridized carbons (Fsp3) is 0.0667. The lowest BCUT2D eigenvalue weighted by Crippen LogP contribution is -1.95. The predicted octanol–water partition coefficient (Wildman–Crippen LogP) is 12.1. The molecule has 0 saturated heterocycles. The van der Waals surface area contributed by atoms with Crippen molar-refractivity contribution in [2.75, 3.05) is 0 Å². The van der Waals surface area contributed by atoms with E-state index in [1.54, 1.807) is 0 Å². The Bertz CT molecular complexity index is 2600. The van der Waals surface area contributed by atoms with Gasteiger partial charge in [0, 0.05) is 0 Å². The third-order valence-electron chi connectivity index (χ3n) is 9.71. The Balaban J connectivity index is 1.17. The molecule has 0 amide bonds. The van der Waals surface area contributed by atoms with Gasteiger partial charge in [-0.3, -0.25) is 0 Å². The number of aryl methyl sites for hydroxylation is 1. The van der Waals surface area contributed by atoms with Crippen LogP contribution in [0.2, 0.25) is 0 Å². The molecule has 9 aromatic rings. The first-order chi connectivity index (χ1) is 22.2. The van der Waals surface area contributed by atoms with E-state index in [2.05, 4.69) is 159 Å². The Morgan fingerprint density at radius 2 is 0.778 bits per heavy atom. The summed E-state index contributed by atoms with van der Waals surface area (Å²) < 4.78 is 0. The van der Waals surface area contributed by atoms with Crippen LogP contribution in [0.3, 0.4) is 0 Å². The van der Waals surface area contributed by atoms with Crippen molar-refractivity contribution in [2.24, 2.45) is 0 Å². The van der Waals surface area contributed by atoms with Crippen LogP contribution in [0.4, 0.5) is 0 Å². The molecule has 9 rings (SSSR count). The van der Waals surface area contributed by atoms with Gasteiger partial charge in [0.1, 0.15) is 0 Å². The van der Waals surface area contributed by atoms with Gasteiger partial charge < -0.3 is 0 Å². The minimum absolute atomic E-state index is 0.897. The second kappa shape index (κ2) is 10.3. The molecular formula is C45H32. The van der Waals surface area contributed by atoms with Gasteiger partial charge in [0.15, 0.2) is 0 Å². The predicted molar refractivity (Wildman–Crippen MR) is 195 cm³/mol. The highest BCUT2D eigenvalue weighted by Gasteiger charge is 2.12. The fourth-order valence-corrected chi connectivity index (χ4v) is 7.52. The molecule has 0 spiro atoms. The number of hydrogen-bond donors (Lipinski definition) is 0. The Kier molecular flexibility index (Phi) is 5.96. The van der Waals surface area contributed by atoms with Crippen molar-refractivity contribution >= 4 is 64.6 Å². The molecule has 0 saturated carbocycles. The number of fused-ring (bicyclic) bond motifs is 9. The van der Waals surface area contributed by atoms with Crippen LogP contribution in [0.25, 0.3) is 64.6 Å². The average molecular weight is 573 g/mol. The van der Waals surface area contributed by atoms with Crippen LogP contribution in [0.15, 0.2) is 152 Å². The second-order valence-corrected chi connectivity index (χ2v) is 12.6. The van der Waals surface area contributed by atoms with Crippen LogP contribution >= 0.6 is 0 Å². The van der Waals surface area contributed by atoms with Gasteiger partial charge in [-0.15, -0.1) is 0 Å². The molecule has 0 heterocycles. The first kappa shape index (κ1) is 26.0. The molecule has 0 unspecified atom stereocenters. The molecule has 0 nitrogen and oxygen atoms in total. The molecule has 0 aliphatic rings. The first-order valence-electron chi connectivity index (χ1n) is 15.9. The molecule has 0 heteroatoms. The van der Waals surface area contributed by atoms with E-state index in [4.69, 9.17) is 0 Å². The minimum atomic E-state index is 0.897. The third-order valence-corrected chi connectivity index (χ3v) is 9.71. The van der Waals surface area contributed by atoms with E-state index in [0.29, 0.717) is 0 Å². The smallest absolute Gasteiger partial charge is 0.00192 e. The van der Waals surface area contributed by atoms with Crippen molar-refractivity contribution in [3.8, 4) is 0 Å². The minimum Gasteiger partial charge on any atom is -0.0616 e. The summed E-state index contributed by atoms with van der Waals surface area (Å²) >= 11 is 0. The van der Waals surface area contributed by atoms with Gasteiger partial charge in [-0.2, -0.15) is 0 Å². The van der Waals surface area contributed by atoms with Crippen LogP contribution < -0.4 is 0 Å². The van der Waals surface area contributed by atoms with Gasteiger partial charge in [-0.25, -0.2) is 0 Å². The molecule has 0 radical (unpaired) electrons. The Labute approximate surface area is 263 Å². The van der Waals surface area contributed by atoms with Crippen molar-refractivity contribution in [3.63, 3.8) is 0 Å². The van der Waals surface area contributed by atoms with Crippen molar-refractivity contribution in [2.45, 2.75) is 19.8 Å².